The zero-order valence-electron chi connectivity index (χ0n) is 12.3. The lowest BCUT2D eigenvalue weighted by molar-refractivity contribution is -0.141. The molecule has 0 aliphatic carbocycles. The van der Waals surface area contributed by atoms with Crippen LogP contribution in [0.25, 0.3) is 0 Å². The molecule has 2 rings (SSSR count). The molecule has 0 aromatic heterocycles. The van der Waals surface area contributed by atoms with Gasteiger partial charge in [-0.05, 0) is 25.7 Å². The monoisotopic (exact) mass is 287 g/mol. The number of benzene rings is 1. The Hall–Kier alpha value is -2.39. The predicted molar refractivity (Wildman–Crippen MR) is 75.2 cm³/mol. The van der Waals surface area contributed by atoms with Gasteiger partial charge in [0.1, 0.15) is 12.6 Å². The topological polar surface area (TPSA) is 73.6 Å². The van der Waals surface area contributed by atoms with Crippen molar-refractivity contribution in [3.05, 3.63) is 34.9 Å². The van der Waals surface area contributed by atoms with E-state index in [0.29, 0.717) is 11.1 Å². The largest absolute Gasteiger partial charge is 0.468 e. The van der Waals surface area contributed by atoms with Crippen LogP contribution in [0.2, 0.25) is 0 Å². The highest BCUT2D eigenvalue weighted by Gasteiger charge is 2.38. The summed E-state index contributed by atoms with van der Waals surface area (Å²) in [6, 6.07) is 6.80. The summed E-state index contributed by atoms with van der Waals surface area (Å²) in [7, 11) is 5.15. The lowest BCUT2D eigenvalue weighted by atomic mass is 10.0. The standard InChI is InChI=1S/C15H17N3O3/c1-17(2)8-10-4-5-11-12(6-10)13(7-16)18(15(11)20)9-14(19)21-3/h4-6,13H,8-9H2,1-3H3. The zero-order valence-corrected chi connectivity index (χ0v) is 12.3. The smallest absolute Gasteiger partial charge is 0.325 e. The molecule has 0 saturated carbocycles. The van der Waals surface area contributed by atoms with Crippen molar-refractivity contribution in [3.63, 3.8) is 0 Å². The number of esters is 1. The van der Waals surface area contributed by atoms with E-state index in [1.165, 1.54) is 12.0 Å². The number of nitrogens with zero attached hydrogens (tertiary/aromatic N) is 3. The summed E-state index contributed by atoms with van der Waals surface area (Å²) in [5.41, 5.74) is 2.16. The molecule has 1 aromatic carbocycles. The van der Waals surface area contributed by atoms with Crippen molar-refractivity contribution in [1.82, 2.24) is 9.80 Å². The van der Waals surface area contributed by atoms with Crippen LogP contribution in [0.5, 0.6) is 0 Å². The van der Waals surface area contributed by atoms with Gasteiger partial charge in [-0.15, -0.1) is 0 Å². The van der Waals surface area contributed by atoms with Crippen molar-refractivity contribution in [1.29, 1.82) is 5.26 Å². The summed E-state index contributed by atoms with van der Waals surface area (Å²) in [4.78, 5) is 27.0. The lowest BCUT2D eigenvalue weighted by Gasteiger charge is -2.18. The number of carbonyl (C=O) groups excluding carboxylic acids is 2. The van der Waals surface area contributed by atoms with Gasteiger partial charge in [-0.1, -0.05) is 12.1 Å². The number of fused-ring (bicyclic) bond motifs is 1. The van der Waals surface area contributed by atoms with Crippen molar-refractivity contribution in [2.45, 2.75) is 12.6 Å². The first-order chi connectivity index (χ1) is 9.97. The molecule has 1 aliphatic rings. The predicted octanol–water partition coefficient (Wildman–Crippen LogP) is 0.942. The molecular weight excluding hydrogens is 270 g/mol. The Morgan fingerprint density at radius 2 is 2.19 bits per heavy atom. The first kappa shape index (κ1) is 15.0. The van der Waals surface area contributed by atoms with Crippen molar-refractivity contribution in [3.8, 4) is 6.07 Å². The maximum atomic E-state index is 12.3. The first-order valence-corrected chi connectivity index (χ1v) is 6.53. The van der Waals surface area contributed by atoms with Gasteiger partial charge in [0.05, 0.1) is 13.2 Å². The summed E-state index contributed by atoms with van der Waals surface area (Å²) >= 11 is 0. The number of rotatable bonds is 4. The van der Waals surface area contributed by atoms with Crippen LogP contribution in [0.15, 0.2) is 18.2 Å². The fourth-order valence-electron chi connectivity index (χ4n) is 2.44. The Bertz CT molecular complexity index is 619. The SMILES string of the molecule is COC(=O)CN1C(=O)c2ccc(CN(C)C)cc2C1C#N. The number of ether oxygens (including phenoxy) is 1. The molecule has 21 heavy (non-hydrogen) atoms. The van der Waals surface area contributed by atoms with Gasteiger partial charge in [0.2, 0.25) is 0 Å². The third-order valence-electron chi connectivity index (χ3n) is 3.36. The highest BCUT2D eigenvalue weighted by molar-refractivity contribution is 6.01. The van der Waals surface area contributed by atoms with Gasteiger partial charge in [-0.3, -0.25) is 9.59 Å². The van der Waals surface area contributed by atoms with E-state index < -0.39 is 12.0 Å². The van der Waals surface area contributed by atoms with Crippen LogP contribution in [-0.2, 0) is 16.1 Å². The van der Waals surface area contributed by atoms with E-state index in [1.807, 2.05) is 31.1 Å². The average Bonchev–Trinajstić information content (AvgIpc) is 2.70. The van der Waals surface area contributed by atoms with Gasteiger partial charge in [0.25, 0.3) is 5.91 Å². The lowest BCUT2D eigenvalue weighted by Crippen LogP contribution is -2.33. The minimum absolute atomic E-state index is 0.217. The number of hydrogen-bond donors (Lipinski definition) is 0. The van der Waals surface area contributed by atoms with Crippen LogP contribution in [-0.4, -0.2) is 49.4 Å². The molecule has 1 atom stereocenters. The first-order valence-electron chi connectivity index (χ1n) is 6.53. The summed E-state index contributed by atoms with van der Waals surface area (Å²) in [6.45, 7) is 0.502. The Morgan fingerprint density at radius 3 is 2.76 bits per heavy atom. The second kappa shape index (κ2) is 5.94. The molecule has 1 unspecified atom stereocenters. The van der Waals surface area contributed by atoms with Crippen LogP contribution in [0.4, 0.5) is 0 Å². The second-order valence-electron chi connectivity index (χ2n) is 5.20. The minimum Gasteiger partial charge on any atom is -0.468 e. The van der Waals surface area contributed by atoms with Gasteiger partial charge >= 0.3 is 5.97 Å². The van der Waals surface area contributed by atoms with E-state index in [0.717, 1.165) is 12.1 Å². The number of nitriles is 1. The van der Waals surface area contributed by atoms with Crippen molar-refractivity contribution < 1.29 is 14.3 Å². The van der Waals surface area contributed by atoms with Crippen LogP contribution in [0.1, 0.15) is 27.5 Å². The Morgan fingerprint density at radius 1 is 1.48 bits per heavy atom. The third kappa shape index (κ3) is 2.88. The molecule has 1 aliphatic heterocycles. The summed E-state index contributed by atoms with van der Waals surface area (Å²) in [5, 5.41) is 9.35. The van der Waals surface area contributed by atoms with Crippen molar-refractivity contribution >= 4 is 11.9 Å². The van der Waals surface area contributed by atoms with Crippen LogP contribution in [0, 0.1) is 11.3 Å². The van der Waals surface area contributed by atoms with E-state index in [4.69, 9.17) is 0 Å². The molecule has 6 heteroatoms. The highest BCUT2D eigenvalue weighted by Crippen LogP contribution is 2.33. The normalized spacial score (nSPS) is 16.8. The van der Waals surface area contributed by atoms with Gasteiger partial charge in [0.15, 0.2) is 0 Å². The van der Waals surface area contributed by atoms with Crippen LogP contribution >= 0.6 is 0 Å². The van der Waals surface area contributed by atoms with Gasteiger partial charge in [-0.25, -0.2) is 0 Å². The molecule has 1 heterocycles. The zero-order chi connectivity index (χ0) is 15.6. The molecule has 6 nitrogen and oxygen atoms in total. The summed E-state index contributed by atoms with van der Waals surface area (Å²) in [5.74, 6) is -0.844. The molecular formula is C15H17N3O3. The van der Waals surface area contributed by atoms with E-state index >= 15 is 0 Å². The molecule has 0 spiro atoms. The number of amides is 1. The number of carbonyl (C=O) groups is 2. The Balaban J connectivity index is 2.35. The van der Waals surface area contributed by atoms with Crippen molar-refractivity contribution in [2.24, 2.45) is 0 Å². The summed E-state index contributed by atoms with van der Waals surface area (Å²) in [6.07, 6.45) is 0. The molecule has 0 fully saturated rings. The van der Waals surface area contributed by atoms with E-state index in [-0.39, 0.29) is 12.5 Å². The van der Waals surface area contributed by atoms with Crippen LogP contribution < -0.4 is 0 Å². The summed E-state index contributed by atoms with van der Waals surface area (Å²) < 4.78 is 4.58. The molecule has 1 amide bonds. The Kier molecular flexibility index (Phi) is 4.24. The third-order valence-corrected chi connectivity index (χ3v) is 3.36. The van der Waals surface area contributed by atoms with E-state index in [1.54, 1.807) is 6.07 Å². The fraction of sp³-hybridized carbons (Fsp3) is 0.400. The quantitative estimate of drug-likeness (QED) is 0.771. The van der Waals surface area contributed by atoms with Gasteiger partial charge in [-0.2, -0.15) is 5.26 Å². The Labute approximate surface area is 123 Å². The molecule has 0 radical (unpaired) electrons. The van der Waals surface area contributed by atoms with Crippen molar-refractivity contribution in [2.75, 3.05) is 27.7 Å². The highest BCUT2D eigenvalue weighted by atomic mass is 16.5. The minimum atomic E-state index is -0.742. The van der Waals surface area contributed by atoms with Gasteiger partial charge in [0, 0.05) is 17.7 Å². The second-order valence-corrected chi connectivity index (χ2v) is 5.20. The number of methoxy groups -OCH3 is 1. The van der Waals surface area contributed by atoms with Gasteiger partial charge < -0.3 is 14.5 Å². The number of hydrogen-bond acceptors (Lipinski definition) is 5. The maximum Gasteiger partial charge on any atom is 0.325 e. The molecule has 0 N–H and O–H groups in total. The average molecular weight is 287 g/mol. The molecule has 0 bridgehead atoms. The van der Waals surface area contributed by atoms with Crippen LogP contribution in [0.3, 0.4) is 0 Å². The molecule has 1 aromatic rings. The fourth-order valence-corrected chi connectivity index (χ4v) is 2.44. The maximum absolute atomic E-state index is 12.3. The van der Waals surface area contributed by atoms with E-state index in [2.05, 4.69) is 10.8 Å². The molecule has 110 valence electrons. The molecule has 0 saturated heterocycles. The van der Waals surface area contributed by atoms with E-state index in [9.17, 15) is 14.9 Å².